The second-order valence-electron chi connectivity index (χ2n) is 4.17. The summed E-state index contributed by atoms with van der Waals surface area (Å²) in [6.07, 6.45) is 0.223. The van der Waals surface area contributed by atoms with E-state index in [0.29, 0.717) is 31.0 Å². The highest BCUT2D eigenvalue weighted by molar-refractivity contribution is 5.86. The quantitative estimate of drug-likeness (QED) is 0.395. The molecule has 1 rings (SSSR count). The molecule has 1 aliphatic rings. The zero-order valence-corrected chi connectivity index (χ0v) is 10.9. The maximum atomic E-state index is 11.1. The van der Waals surface area contributed by atoms with Crippen molar-refractivity contribution in [1.29, 1.82) is 0 Å². The van der Waals surface area contributed by atoms with Crippen molar-refractivity contribution < 1.29 is 23.7 Å². The fraction of sp³-hybridized carbons (Fsp3) is 0.615. The van der Waals surface area contributed by atoms with E-state index < -0.39 is 5.97 Å². The molecule has 1 saturated heterocycles. The number of esters is 1. The smallest absolute Gasteiger partial charge is 0.333 e. The van der Waals surface area contributed by atoms with E-state index in [1.165, 1.54) is 0 Å². The SMILES string of the molecule is C=C(CCOC(=O)C(=C)C)OCC1COC(C)O1. The zero-order valence-electron chi connectivity index (χ0n) is 10.9. The second kappa shape index (κ2) is 7.18. The van der Waals surface area contributed by atoms with E-state index in [9.17, 15) is 4.79 Å². The van der Waals surface area contributed by atoms with Gasteiger partial charge in [-0.1, -0.05) is 13.2 Å². The van der Waals surface area contributed by atoms with E-state index >= 15 is 0 Å². The second-order valence-corrected chi connectivity index (χ2v) is 4.17. The van der Waals surface area contributed by atoms with E-state index in [0.717, 1.165) is 0 Å². The van der Waals surface area contributed by atoms with E-state index in [2.05, 4.69) is 13.2 Å². The van der Waals surface area contributed by atoms with E-state index in [-0.39, 0.29) is 19.0 Å². The summed E-state index contributed by atoms with van der Waals surface area (Å²) in [6.45, 7) is 11.8. The number of ether oxygens (including phenoxy) is 4. The van der Waals surface area contributed by atoms with Gasteiger partial charge in [-0.25, -0.2) is 4.79 Å². The molecule has 2 atom stereocenters. The van der Waals surface area contributed by atoms with Gasteiger partial charge < -0.3 is 18.9 Å². The largest absolute Gasteiger partial charge is 0.496 e. The maximum Gasteiger partial charge on any atom is 0.333 e. The van der Waals surface area contributed by atoms with Gasteiger partial charge in [0.15, 0.2) is 6.29 Å². The Kier molecular flexibility index (Phi) is 5.88. The van der Waals surface area contributed by atoms with E-state index in [1.54, 1.807) is 6.92 Å². The van der Waals surface area contributed by atoms with Gasteiger partial charge in [0, 0.05) is 12.0 Å². The van der Waals surface area contributed by atoms with Gasteiger partial charge in [-0.3, -0.25) is 0 Å². The third-order valence-corrected chi connectivity index (χ3v) is 2.34. The van der Waals surface area contributed by atoms with Crippen LogP contribution in [0, 0.1) is 0 Å². The highest BCUT2D eigenvalue weighted by Crippen LogP contribution is 2.12. The van der Waals surface area contributed by atoms with Crippen molar-refractivity contribution >= 4 is 5.97 Å². The lowest BCUT2D eigenvalue weighted by Gasteiger charge is -2.13. The summed E-state index contributed by atoms with van der Waals surface area (Å²) in [5, 5.41) is 0. The first kappa shape index (κ1) is 14.7. The van der Waals surface area contributed by atoms with Crippen LogP contribution in [0.2, 0.25) is 0 Å². The third-order valence-electron chi connectivity index (χ3n) is 2.34. The third kappa shape index (κ3) is 5.33. The number of rotatable bonds is 7. The van der Waals surface area contributed by atoms with Crippen LogP contribution in [0.1, 0.15) is 20.3 Å². The fourth-order valence-electron chi connectivity index (χ4n) is 1.34. The van der Waals surface area contributed by atoms with Crippen LogP contribution in [-0.2, 0) is 23.7 Å². The summed E-state index contributed by atoms with van der Waals surface area (Å²) in [6, 6.07) is 0. The molecule has 0 aromatic rings. The Morgan fingerprint density at radius 3 is 2.67 bits per heavy atom. The molecule has 1 fully saturated rings. The van der Waals surface area contributed by atoms with Gasteiger partial charge >= 0.3 is 5.97 Å². The molecule has 2 unspecified atom stereocenters. The molecule has 1 heterocycles. The Morgan fingerprint density at radius 1 is 1.39 bits per heavy atom. The highest BCUT2D eigenvalue weighted by atomic mass is 16.7. The maximum absolute atomic E-state index is 11.1. The van der Waals surface area contributed by atoms with Gasteiger partial charge in [0.1, 0.15) is 12.7 Å². The minimum absolute atomic E-state index is 0.0604. The van der Waals surface area contributed by atoms with Crippen molar-refractivity contribution in [3.05, 3.63) is 24.5 Å². The number of hydrogen-bond acceptors (Lipinski definition) is 5. The van der Waals surface area contributed by atoms with Crippen molar-refractivity contribution in [3.63, 3.8) is 0 Å². The van der Waals surface area contributed by atoms with Crippen molar-refractivity contribution in [2.45, 2.75) is 32.7 Å². The molecular formula is C13H20O5. The van der Waals surface area contributed by atoms with Gasteiger partial charge in [0.25, 0.3) is 0 Å². The average molecular weight is 256 g/mol. The monoisotopic (exact) mass is 256 g/mol. The van der Waals surface area contributed by atoms with Crippen molar-refractivity contribution in [2.24, 2.45) is 0 Å². The Labute approximate surface area is 107 Å². The van der Waals surface area contributed by atoms with Gasteiger partial charge in [-0.15, -0.1) is 0 Å². The summed E-state index contributed by atoms with van der Waals surface area (Å²) in [4.78, 5) is 11.1. The van der Waals surface area contributed by atoms with Gasteiger partial charge in [-0.2, -0.15) is 0 Å². The molecule has 0 radical (unpaired) electrons. The van der Waals surface area contributed by atoms with Crippen LogP contribution in [0.4, 0.5) is 0 Å². The van der Waals surface area contributed by atoms with Gasteiger partial charge in [0.05, 0.1) is 19.0 Å². The van der Waals surface area contributed by atoms with Crippen LogP contribution in [0.15, 0.2) is 24.5 Å². The Hall–Kier alpha value is -1.33. The van der Waals surface area contributed by atoms with Crippen LogP contribution >= 0.6 is 0 Å². The molecule has 0 amide bonds. The predicted molar refractivity (Wildman–Crippen MR) is 65.8 cm³/mol. The molecule has 0 N–H and O–H groups in total. The molecule has 0 aromatic heterocycles. The lowest BCUT2D eigenvalue weighted by molar-refractivity contribution is -0.139. The van der Waals surface area contributed by atoms with Crippen molar-refractivity contribution in [1.82, 2.24) is 0 Å². The standard InChI is InChI=1S/C13H20O5/c1-9(2)13(14)15-6-5-10(3)16-7-12-8-17-11(4)18-12/h11-12H,1,3,5-8H2,2,4H3. The van der Waals surface area contributed by atoms with Crippen LogP contribution in [0.25, 0.3) is 0 Å². The number of carbonyl (C=O) groups is 1. The molecular weight excluding hydrogens is 236 g/mol. The first-order valence-corrected chi connectivity index (χ1v) is 5.89. The topological polar surface area (TPSA) is 54.0 Å². The van der Waals surface area contributed by atoms with Crippen LogP contribution in [-0.4, -0.2) is 38.2 Å². The number of carbonyl (C=O) groups excluding carboxylic acids is 1. The average Bonchev–Trinajstić information content (AvgIpc) is 2.72. The molecule has 0 spiro atoms. The molecule has 5 heteroatoms. The molecule has 102 valence electrons. The molecule has 0 bridgehead atoms. The van der Waals surface area contributed by atoms with Crippen LogP contribution in [0.3, 0.4) is 0 Å². The van der Waals surface area contributed by atoms with Crippen molar-refractivity contribution in [3.8, 4) is 0 Å². The minimum atomic E-state index is -0.399. The van der Waals surface area contributed by atoms with E-state index in [1.807, 2.05) is 6.92 Å². The van der Waals surface area contributed by atoms with Gasteiger partial charge in [-0.05, 0) is 13.8 Å². The molecule has 0 aliphatic carbocycles. The fourth-order valence-corrected chi connectivity index (χ4v) is 1.34. The van der Waals surface area contributed by atoms with Crippen LogP contribution < -0.4 is 0 Å². The zero-order chi connectivity index (χ0) is 13.5. The van der Waals surface area contributed by atoms with Gasteiger partial charge in [0.2, 0.25) is 0 Å². The normalized spacial score (nSPS) is 22.6. The van der Waals surface area contributed by atoms with Crippen molar-refractivity contribution in [2.75, 3.05) is 19.8 Å². The predicted octanol–water partition coefficient (Wildman–Crippen LogP) is 1.79. The summed E-state index contributed by atoms with van der Waals surface area (Å²) in [7, 11) is 0. The Morgan fingerprint density at radius 2 is 2.11 bits per heavy atom. The molecule has 1 aliphatic heterocycles. The molecule has 18 heavy (non-hydrogen) atoms. The summed E-state index contributed by atoms with van der Waals surface area (Å²) in [5.74, 6) is 0.164. The first-order valence-electron chi connectivity index (χ1n) is 5.89. The lowest BCUT2D eigenvalue weighted by Crippen LogP contribution is -2.18. The molecule has 0 aromatic carbocycles. The Balaban J connectivity index is 2.07. The summed E-state index contributed by atoms with van der Waals surface area (Å²) >= 11 is 0. The van der Waals surface area contributed by atoms with E-state index in [4.69, 9.17) is 18.9 Å². The Bertz CT molecular complexity index is 323. The summed E-state index contributed by atoms with van der Waals surface area (Å²) in [5.41, 5.74) is 0.382. The molecule has 5 nitrogen and oxygen atoms in total. The lowest BCUT2D eigenvalue weighted by atomic mass is 10.3. The first-order chi connectivity index (χ1) is 8.49. The summed E-state index contributed by atoms with van der Waals surface area (Å²) < 4.78 is 21.0. The minimum Gasteiger partial charge on any atom is -0.496 e. The molecule has 0 saturated carbocycles. The number of hydrogen-bond donors (Lipinski definition) is 0. The van der Waals surface area contributed by atoms with Crippen LogP contribution in [0.5, 0.6) is 0 Å². The highest BCUT2D eigenvalue weighted by Gasteiger charge is 2.22.